The van der Waals surface area contributed by atoms with Gasteiger partial charge in [0, 0.05) is 50.4 Å². The van der Waals surface area contributed by atoms with Gasteiger partial charge in [-0.2, -0.15) is 5.10 Å². The molecule has 122 valence electrons. The lowest BCUT2D eigenvalue weighted by atomic mass is 9.95. The zero-order valence-electron chi connectivity index (χ0n) is 14.2. The van der Waals surface area contributed by atoms with Crippen LogP contribution < -0.4 is 0 Å². The second kappa shape index (κ2) is 6.10. The van der Waals surface area contributed by atoms with Gasteiger partial charge in [-0.25, -0.2) is 0 Å². The van der Waals surface area contributed by atoms with E-state index in [0.29, 0.717) is 0 Å². The van der Waals surface area contributed by atoms with Gasteiger partial charge in [-0.15, -0.1) is 0 Å². The molecule has 2 aromatic rings. The van der Waals surface area contributed by atoms with Crippen LogP contribution in [-0.4, -0.2) is 43.6 Å². The number of carbonyl (C=O) groups excluding carboxylic acids is 1. The summed E-state index contributed by atoms with van der Waals surface area (Å²) in [6.07, 6.45) is 5.77. The van der Waals surface area contributed by atoms with Crippen molar-refractivity contribution in [1.29, 1.82) is 0 Å². The highest BCUT2D eigenvalue weighted by molar-refractivity contribution is 5.73. The number of carbonyl (C=O) groups is 1. The normalized spacial score (nSPS) is 18.3. The summed E-state index contributed by atoms with van der Waals surface area (Å²) in [4.78, 5) is 22.7. The van der Waals surface area contributed by atoms with Crippen LogP contribution in [0.15, 0.2) is 12.4 Å². The molecule has 2 aromatic heterocycles. The van der Waals surface area contributed by atoms with Crippen LogP contribution in [0.2, 0.25) is 0 Å². The van der Waals surface area contributed by atoms with Crippen molar-refractivity contribution in [3.05, 3.63) is 29.5 Å². The fourth-order valence-corrected chi connectivity index (χ4v) is 3.33. The van der Waals surface area contributed by atoms with Gasteiger partial charge in [-0.1, -0.05) is 0 Å². The second-order valence-corrected chi connectivity index (χ2v) is 6.30. The van der Waals surface area contributed by atoms with Crippen LogP contribution >= 0.6 is 0 Å². The molecule has 0 aliphatic carbocycles. The van der Waals surface area contributed by atoms with Crippen LogP contribution in [0.4, 0.5) is 0 Å². The van der Waals surface area contributed by atoms with Crippen LogP contribution in [-0.2, 0) is 11.8 Å². The van der Waals surface area contributed by atoms with Crippen molar-refractivity contribution in [2.24, 2.45) is 7.05 Å². The molecule has 1 fully saturated rings. The first-order chi connectivity index (χ1) is 11.0. The third kappa shape index (κ3) is 2.98. The molecule has 0 N–H and O–H groups in total. The SMILES string of the molecule is CC(=O)N1CCC[C@@H](c2cnc(-c3c(C)nn(C)c3C)cn2)C1. The Bertz CT molecular complexity index is 719. The van der Waals surface area contributed by atoms with Gasteiger partial charge in [-0.05, 0) is 26.7 Å². The lowest BCUT2D eigenvalue weighted by Crippen LogP contribution is -2.37. The Balaban J connectivity index is 1.83. The molecule has 6 nitrogen and oxygen atoms in total. The van der Waals surface area contributed by atoms with Gasteiger partial charge < -0.3 is 4.90 Å². The average Bonchev–Trinajstić information content (AvgIpc) is 2.80. The van der Waals surface area contributed by atoms with Gasteiger partial charge in [0.25, 0.3) is 0 Å². The molecule has 3 heterocycles. The molecule has 23 heavy (non-hydrogen) atoms. The Morgan fingerprint density at radius 2 is 2.04 bits per heavy atom. The topological polar surface area (TPSA) is 63.9 Å². The van der Waals surface area contributed by atoms with Crippen LogP contribution in [0.3, 0.4) is 0 Å². The van der Waals surface area contributed by atoms with Crippen LogP contribution in [0, 0.1) is 13.8 Å². The second-order valence-electron chi connectivity index (χ2n) is 6.30. The van der Waals surface area contributed by atoms with Crippen molar-refractivity contribution in [3.8, 4) is 11.3 Å². The van der Waals surface area contributed by atoms with Gasteiger partial charge in [0.05, 0.1) is 23.3 Å². The van der Waals surface area contributed by atoms with Crippen molar-refractivity contribution in [2.45, 2.75) is 39.5 Å². The predicted molar refractivity (Wildman–Crippen MR) is 87.9 cm³/mol. The van der Waals surface area contributed by atoms with Crippen LogP contribution in [0.5, 0.6) is 0 Å². The van der Waals surface area contributed by atoms with E-state index < -0.39 is 0 Å². The molecule has 6 heteroatoms. The summed E-state index contributed by atoms with van der Waals surface area (Å²) >= 11 is 0. The van der Waals surface area contributed by atoms with Crippen molar-refractivity contribution < 1.29 is 4.79 Å². The molecule has 0 radical (unpaired) electrons. The molecule has 1 saturated heterocycles. The van der Waals surface area contributed by atoms with Gasteiger partial charge in [0.2, 0.25) is 5.91 Å². The standard InChI is InChI=1S/C17H23N5O/c1-11-17(12(2)21(4)20-11)16-9-18-15(8-19-16)14-6-5-7-22(10-14)13(3)23/h8-9,14H,5-7,10H2,1-4H3/t14-/m1/s1. The quantitative estimate of drug-likeness (QED) is 0.853. The first-order valence-electron chi connectivity index (χ1n) is 8.05. The first-order valence-corrected chi connectivity index (χ1v) is 8.05. The molecule has 1 aliphatic rings. The molecule has 1 aliphatic heterocycles. The minimum atomic E-state index is 0.140. The summed E-state index contributed by atoms with van der Waals surface area (Å²) in [5.74, 6) is 0.422. The van der Waals surface area contributed by atoms with Crippen molar-refractivity contribution in [3.63, 3.8) is 0 Å². The molecule has 0 unspecified atom stereocenters. The fourth-order valence-electron chi connectivity index (χ4n) is 3.33. The van der Waals surface area contributed by atoms with E-state index in [-0.39, 0.29) is 11.8 Å². The summed E-state index contributed by atoms with van der Waals surface area (Å²) < 4.78 is 1.87. The molecule has 1 amide bonds. The van der Waals surface area contributed by atoms with E-state index in [1.807, 2.05) is 42.9 Å². The number of aromatic nitrogens is 4. The zero-order chi connectivity index (χ0) is 16.6. The van der Waals surface area contributed by atoms with E-state index in [1.165, 1.54) is 0 Å². The smallest absolute Gasteiger partial charge is 0.219 e. The Morgan fingerprint density at radius 1 is 1.26 bits per heavy atom. The van der Waals surface area contributed by atoms with E-state index in [9.17, 15) is 4.79 Å². The summed E-state index contributed by atoms with van der Waals surface area (Å²) in [5, 5.41) is 4.43. The van der Waals surface area contributed by atoms with Crippen molar-refractivity contribution in [1.82, 2.24) is 24.6 Å². The van der Waals surface area contributed by atoms with Gasteiger partial charge in [0.1, 0.15) is 0 Å². The summed E-state index contributed by atoms with van der Waals surface area (Å²) in [6.45, 7) is 7.26. The van der Waals surface area contributed by atoms with Crippen LogP contribution in [0.1, 0.15) is 42.8 Å². The third-order valence-electron chi connectivity index (χ3n) is 4.72. The third-order valence-corrected chi connectivity index (χ3v) is 4.72. The average molecular weight is 313 g/mol. The zero-order valence-corrected chi connectivity index (χ0v) is 14.2. The van der Waals surface area contributed by atoms with E-state index in [2.05, 4.69) is 15.1 Å². The first kappa shape index (κ1) is 15.6. The van der Waals surface area contributed by atoms with E-state index >= 15 is 0 Å². The minimum absolute atomic E-state index is 0.140. The maximum absolute atomic E-state index is 11.6. The number of hydrogen-bond donors (Lipinski definition) is 0. The van der Waals surface area contributed by atoms with Gasteiger partial charge in [-0.3, -0.25) is 19.4 Å². The Kier molecular flexibility index (Phi) is 4.15. The maximum atomic E-state index is 11.6. The highest BCUT2D eigenvalue weighted by atomic mass is 16.2. The van der Waals surface area contributed by atoms with Gasteiger partial charge in [0.15, 0.2) is 0 Å². The molecule has 1 atom stereocenters. The number of aryl methyl sites for hydroxylation is 2. The largest absolute Gasteiger partial charge is 0.342 e. The molecular formula is C17H23N5O. The number of nitrogens with zero attached hydrogens (tertiary/aromatic N) is 5. The molecule has 0 saturated carbocycles. The summed E-state index contributed by atoms with van der Waals surface area (Å²) in [6, 6.07) is 0. The molecule has 0 bridgehead atoms. The lowest BCUT2D eigenvalue weighted by Gasteiger charge is -2.31. The molecule has 0 spiro atoms. The molecule has 0 aromatic carbocycles. The van der Waals surface area contributed by atoms with E-state index in [0.717, 1.165) is 54.3 Å². The van der Waals surface area contributed by atoms with E-state index in [4.69, 9.17) is 0 Å². The number of hydrogen-bond acceptors (Lipinski definition) is 4. The molecule has 3 rings (SSSR count). The highest BCUT2D eigenvalue weighted by Gasteiger charge is 2.24. The van der Waals surface area contributed by atoms with Crippen molar-refractivity contribution in [2.75, 3.05) is 13.1 Å². The number of rotatable bonds is 2. The number of likely N-dealkylation sites (tertiary alicyclic amines) is 1. The minimum Gasteiger partial charge on any atom is -0.342 e. The fraction of sp³-hybridized carbons (Fsp3) is 0.529. The molecular weight excluding hydrogens is 290 g/mol. The van der Waals surface area contributed by atoms with Crippen LogP contribution in [0.25, 0.3) is 11.3 Å². The monoisotopic (exact) mass is 313 g/mol. The summed E-state index contributed by atoms with van der Waals surface area (Å²) in [5.41, 5.74) is 4.94. The highest BCUT2D eigenvalue weighted by Crippen LogP contribution is 2.28. The lowest BCUT2D eigenvalue weighted by molar-refractivity contribution is -0.130. The Hall–Kier alpha value is -2.24. The number of piperidine rings is 1. The predicted octanol–water partition coefficient (Wildman–Crippen LogP) is 2.22. The maximum Gasteiger partial charge on any atom is 0.219 e. The van der Waals surface area contributed by atoms with E-state index in [1.54, 1.807) is 6.92 Å². The summed E-state index contributed by atoms with van der Waals surface area (Å²) in [7, 11) is 1.94. The van der Waals surface area contributed by atoms with Crippen molar-refractivity contribution >= 4 is 5.91 Å². The van der Waals surface area contributed by atoms with Gasteiger partial charge >= 0.3 is 0 Å². The number of amides is 1. The Morgan fingerprint density at radius 3 is 2.61 bits per heavy atom. The Labute approximate surface area is 136 Å².